The van der Waals surface area contributed by atoms with Crippen LogP contribution >= 0.6 is 23.4 Å². The third-order valence-corrected chi connectivity index (χ3v) is 5.27. The van der Waals surface area contributed by atoms with Gasteiger partial charge in [-0.05, 0) is 36.6 Å². The number of rotatable bonds is 4. The van der Waals surface area contributed by atoms with Crippen molar-refractivity contribution in [1.82, 2.24) is 9.97 Å². The molecule has 0 N–H and O–H groups in total. The van der Waals surface area contributed by atoms with Crippen LogP contribution in [0.2, 0.25) is 5.15 Å². The topological polar surface area (TPSA) is 52.1 Å². The first kappa shape index (κ1) is 17.8. The lowest BCUT2D eigenvalue weighted by Gasteiger charge is -2.08. The fourth-order valence-corrected chi connectivity index (χ4v) is 3.43. The van der Waals surface area contributed by atoms with Crippen molar-refractivity contribution in [2.45, 2.75) is 11.5 Å². The highest BCUT2D eigenvalue weighted by Crippen LogP contribution is 2.25. The third-order valence-electron chi connectivity index (χ3n) is 4.22. The summed E-state index contributed by atoms with van der Waals surface area (Å²) in [6.45, 7) is 0.0411. The van der Waals surface area contributed by atoms with Gasteiger partial charge in [0.15, 0.2) is 0 Å². The molecule has 6 heteroatoms. The summed E-state index contributed by atoms with van der Waals surface area (Å²) in [4.78, 5) is 22.3. The SMILES string of the molecule is CSc1ccc2cc(COC(=O)c3ccc4ccccc4n3)c(Cl)nc2c1. The molecule has 4 nitrogen and oxygen atoms in total. The number of fused-ring (bicyclic) bond motifs is 2. The molecule has 2 aromatic carbocycles. The molecule has 0 spiro atoms. The van der Waals surface area contributed by atoms with E-state index in [0.717, 1.165) is 26.7 Å². The summed E-state index contributed by atoms with van der Waals surface area (Å²) in [5, 5.41) is 2.26. The van der Waals surface area contributed by atoms with Gasteiger partial charge in [-0.25, -0.2) is 14.8 Å². The summed E-state index contributed by atoms with van der Waals surface area (Å²) < 4.78 is 5.41. The number of hydrogen-bond acceptors (Lipinski definition) is 5. The number of aromatic nitrogens is 2. The number of hydrogen-bond donors (Lipinski definition) is 0. The van der Waals surface area contributed by atoms with Crippen molar-refractivity contribution in [3.05, 3.63) is 77.1 Å². The first-order chi connectivity index (χ1) is 13.1. The molecule has 0 fully saturated rings. The second-order valence-corrected chi connectivity index (χ2v) is 7.20. The summed E-state index contributed by atoms with van der Waals surface area (Å²) in [5.41, 5.74) is 2.50. The Bertz CT molecular complexity index is 1160. The van der Waals surface area contributed by atoms with E-state index in [9.17, 15) is 4.79 Å². The maximum Gasteiger partial charge on any atom is 0.357 e. The van der Waals surface area contributed by atoms with Gasteiger partial charge in [-0.2, -0.15) is 0 Å². The highest BCUT2D eigenvalue weighted by Gasteiger charge is 2.12. The molecular weight excluding hydrogens is 380 g/mol. The van der Waals surface area contributed by atoms with Crippen LogP contribution in [0.1, 0.15) is 16.1 Å². The number of thioether (sulfide) groups is 1. The number of nitrogens with zero attached hydrogens (tertiary/aromatic N) is 2. The number of pyridine rings is 2. The molecule has 27 heavy (non-hydrogen) atoms. The molecule has 0 saturated heterocycles. The zero-order valence-electron chi connectivity index (χ0n) is 14.5. The number of ether oxygens (including phenoxy) is 1. The number of benzene rings is 2. The Morgan fingerprint density at radius 3 is 2.67 bits per heavy atom. The normalized spacial score (nSPS) is 11.0. The van der Waals surface area contributed by atoms with Crippen LogP contribution in [0.3, 0.4) is 0 Å². The molecule has 2 heterocycles. The van der Waals surface area contributed by atoms with E-state index in [-0.39, 0.29) is 12.3 Å². The molecule has 4 rings (SSSR count). The van der Waals surface area contributed by atoms with E-state index in [1.54, 1.807) is 17.8 Å². The number of esters is 1. The number of para-hydroxylation sites is 1. The minimum absolute atomic E-state index is 0.0411. The Hall–Kier alpha value is -2.63. The molecule has 0 aliphatic heterocycles. The zero-order chi connectivity index (χ0) is 18.8. The van der Waals surface area contributed by atoms with Gasteiger partial charge in [-0.3, -0.25) is 0 Å². The van der Waals surface area contributed by atoms with E-state index in [4.69, 9.17) is 16.3 Å². The van der Waals surface area contributed by atoms with Gasteiger partial charge in [-0.15, -0.1) is 11.8 Å². The Balaban J connectivity index is 1.54. The molecule has 0 bridgehead atoms. The average Bonchev–Trinajstić information content (AvgIpc) is 2.71. The fraction of sp³-hybridized carbons (Fsp3) is 0.0952. The molecular formula is C21H15ClN2O2S. The fourth-order valence-electron chi connectivity index (χ4n) is 2.79. The summed E-state index contributed by atoms with van der Waals surface area (Å²) in [6.07, 6.45) is 2.01. The van der Waals surface area contributed by atoms with Crippen LogP contribution in [-0.2, 0) is 11.3 Å². The predicted octanol–water partition coefficient (Wildman–Crippen LogP) is 5.52. The Kier molecular flexibility index (Phi) is 4.97. The van der Waals surface area contributed by atoms with E-state index < -0.39 is 5.97 Å². The quantitative estimate of drug-likeness (QED) is 0.259. The highest BCUT2D eigenvalue weighted by atomic mass is 35.5. The summed E-state index contributed by atoms with van der Waals surface area (Å²) >= 11 is 7.93. The molecule has 0 unspecified atom stereocenters. The number of carbonyl (C=O) groups excluding carboxylic acids is 1. The average molecular weight is 395 g/mol. The van der Waals surface area contributed by atoms with Crippen molar-refractivity contribution in [1.29, 1.82) is 0 Å². The molecule has 2 aromatic heterocycles. The Morgan fingerprint density at radius 2 is 1.81 bits per heavy atom. The van der Waals surface area contributed by atoms with Crippen LogP contribution in [0.25, 0.3) is 21.8 Å². The van der Waals surface area contributed by atoms with Crippen molar-refractivity contribution in [2.24, 2.45) is 0 Å². The van der Waals surface area contributed by atoms with Crippen LogP contribution in [0.5, 0.6) is 0 Å². The predicted molar refractivity (Wildman–Crippen MR) is 109 cm³/mol. The van der Waals surface area contributed by atoms with Crippen molar-refractivity contribution < 1.29 is 9.53 Å². The van der Waals surface area contributed by atoms with Gasteiger partial charge in [-0.1, -0.05) is 41.9 Å². The monoisotopic (exact) mass is 394 g/mol. The van der Waals surface area contributed by atoms with E-state index in [1.807, 2.05) is 60.9 Å². The Labute approximate surface area is 165 Å². The number of carbonyl (C=O) groups is 1. The van der Waals surface area contributed by atoms with Crippen molar-refractivity contribution in [3.8, 4) is 0 Å². The summed E-state index contributed by atoms with van der Waals surface area (Å²) in [6, 6.07) is 19.0. The first-order valence-electron chi connectivity index (χ1n) is 8.30. The van der Waals surface area contributed by atoms with Gasteiger partial charge in [0.25, 0.3) is 0 Å². The lowest BCUT2D eigenvalue weighted by Crippen LogP contribution is -2.08. The maximum atomic E-state index is 12.4. The van der Waals surface area contributed by atoms with Crippen LogP contribution in [0.4, 0.5) is 0 Å². The summed E-state index contributed by atoms with van der Waals surface area (Å²) in [5.74, 6) is -0.491. The van der Waals surface area contributed by atoms with Crippen molar-refractivity contribution >= 4 is 51.1 Å². The highest BCUT2D eigenvalue weighted by molar-refractivity contribution is 7.98. The van der Waals surface area contributed by atoms with E-state index in [1.165, 1.54) is 0 Å². The molecule has 0 radical (unpaired) electrons. The van der Waals surface area contributed by atoms with E-state index >= 15 is 0 Å². The van der Waals surface area contributed by atoms with Crippen LogP contribution in [-0.4, -0.2) is 22.2 Å². The van der Waals surface area contributed by atoms with Crippen LogP contribution in [0.15, 0.2) is 65.6 Å². The molecule has 0 amide bonds. The number of halogens is 1. The standard InChI is InChI=1S/C21H15ClN2O2S/c1-27-16-8-6-14-10-15(20(22)24-19(14)11-16)12-26-21(25)18-9-7-13-4-2-3-5-17(13)23-18/h2-11H,12H2,1H3. The molecule has 4 aromatic rings. The Morgan fingerprint density at radius 1 is 1.00 bits per heavy atom. The lowest BCUT2D eigenvalue weighted by molar-refractivity contribution is 0.0466. The minimum Gasteiger partial charge on any atom is -0.456 e. The maximum absolute atomic E-state index is 12.4. The van der Waals surface area contributed by atoms with Crippen molar-refractivity contribution in [3.63, 3.8) is 0 Å². The van der Waals surface area contributed by atoms with Crippen molar-refractivity contribution in [2.75, 3.05) is 6.26 Å². The van der Waals surface area contributed by atoms with Gasteiger partial charge < -0.3 is 4.74 Å². The second-order valence-electron chi connectivity index (χ2n) is 5.96. The molecule has 134 valence electrons. The first-order valence-corrected chi connectivity index (χ1v) is 9.90. The van der Waals surface area contributed by atoms with Gasteiger partial charge in [0, 0.05) is 21.2 Å². The molecule has 0 aliphatic carbocycles. The third kappa shape index (κ3) is 3.75. The molecule has 0 saturated carbocycles. The summed E-state index contributed by atoms with van der Waals surface area (Å²) in [7, 11) is 0. The smallest absolute Gasteiger partial charge is 0.357 e. The van der Waals surface area contributed by atoms with Gasteiger partial charge in [0.05, 0.1) is 11.0 Å². The molecule has 0 aliphatic rings. The second kappa shape index (κ2) is 7.55. The van der Waals surface area contributed by atoms with Gasteiger partial charge in [0.2, 0.25) is 0 Å². The van der Waals surface area contributed by atoms with Crippen LogP contribution in [0, 0.1) is 0 Å². The minimum atomic E-state index is -0.491. The van der Waals surface area contributed by atoms with Crippen LogP contribution < -0.4 is 0 Å². The lowest BCUT2D eigenvalue weighted by atomic mass is 10.1. The largest absolute Gasteiger partial charge is 0.456 e. The zero-order valence-corrected chi connectivity index (χ0v) is 16.1. The van der Waals surface area contributed by atoms with Gasteiger partial charge in [0.1, 0.15) is 17.5 Å². The van der Waals surface area contributed by atoms with E-state index in [2.05, 4.69) is 9.97 Å². The van der Waals surface area contributed by atoms with Gasteiger partial charge >= 0.3 is 5.97 Å². The molecule has 0 atom stereocenters. The van der Waals surface area contributed by atoms with E-state index in [0.29, 0.717) is 10.7 Å².